The number of nitrogens with zero attached hydrogens (tertiary/aromatic N) is 2. The summed E-state index contributed by atoms with van der Waals surface area (Å²) in [5, 5.41) is 5.71. The molecule has 3 aliphatic rings. The fraction of sp³-hybridized carbons (Fsp3) is 0.178. The molecule has 0 saturated heterocycles. The van der Waals surface area contributed by atoms with Crippen molar-refractivity contribution >= 4 is 86.0 Å². The minimum absolute atomic E-state index is 0.000463. The van der Waals surface area contributed by atoms with Crippen LogP contribution in [0.2, 0.25) is 0 Å². The van der Waals surface area contributed by atoms with Crippen LogP contribution in [0.25, 0.3) is 33.4 Å². The first-order valence-corrected chi connectivity index (χ1v) is 29.7. The van der Waals surface area contributed by atoms with E-state index >= 15 is 0 Å². The molecule has 0 aromatic heterocycles. The number of hydrogen-bond donors (Lipinski definition) is 0. The third-order valence-electron chi connectivity index (χ3n) is 17.0. The molecule has 0 spiro atoms. The number of anilines is 6. The molecule has 3 heterocycles. The Morgan fingerprint density at radius 2 is 0.831 bits per heavy atom. The second kappa shape index (κ2) is 17.8. The monoisotopic (exact) mass is 1010 g/mol. The summed E-state index contributed by atoms with van der Waals surface area (Å²) in [7, 11) is -2.87. The van der Waals surface area contributed by atoms with Gasteiger partial charge in [0.15, 0.2) is 8.07 Å². The molecule has 0 bridgehead atoms. The Hall–Kier alpha value is -7.92. The molecular formula is C73H67BN2Si. The van der Waals surface area contributed by atoms with E-state index in [1.807, 2.05) is 0 Å². The zero-order valence-electron chi connectivity index (χ0n) is 46.3. The normalized spacial score (nSPS) is 14.1. The maximum atomic E-state index is 2.68. The predicted octanol–water partition coefficient (Wildman–Crippen LogP) is 14.7. The van der Waals surface area contributed by atoms with Crippen molar-refractivity contribution in [1.29, 1.82) is 0 Å². The fourth-order valence-electron chi connectivity index (χ4n) is 13.2. The van der Waals surface area contributed by atoms with Crippen molar-refractivity contribution in [3.63, 3.8) is 0 Å². The summed E-state index contributed by atoms with van der Waals surface area (Å²) in [6, 6.07) is 86.8. The summed E-state index contributed by atoms with van der Waals surface area (Å²) in [5.74, 6) is 0. The third kappa shape index (κ3) is 7.73. The Kier molecular flexibility index (Phi) is 11.3. The van der Waals surface area contributed by atoms with Crippen LogP contribution < -0.4 is 46.9 Å². The molecule has 10 aromatic carbocycles. The van der Waals surface area contributed by atoms with E-state index in [1.54, 1.807) is 0 Å². The number of fused-ring (bicyclic) bond motifs is 7. The summed E-state index contributed by atoms with van der Waals surface area (Å²) in [4.78, 5) is 5.33. The molecule has 376 valence electrons. The molecule has 0 saturated carbocycles. The molecule has 0 N–H and O–H groups in total. The van der Waals surface area contributed by atoms with Gasteiger partial charge in [-0.3, -0.25) is 0 Å². The van der Waals surface area contributed by atoms with Crippen LogP contribution in [0.3, 0.4) is 0 Å². The number of hydrogen-bond acceptors (Lipinski definition) is 2. The van der Waals surface area contributed by atoms with E-state index in [9.17, 15) is 0 Å². The highest BCUT2D eigenvalue weighted by molar-refractivity contribution is 7.22. The van der Waals surface area contributed by atoms with Gasteiger partial charge in [0.25, 0.3) is 6.71 Å². The van der Waals surface area contributed by atoms with E-state index in [2.05, 4.69) is 303 Å². The van der Waals surface area contributed by atoms with Crippen molar-refractivity contribution in [1.82, 2.24) is 0 Å². The number of benzene rings is 10. The molecule has 2 nitrogen and oxygen atoms in total. The first-order valence-electron chi connectivity index (χ1n) is 27.7. The molecular weight excluding hydrogens is 944 g/mol. The van der Waals surface area contributed by atoms with Gasteiger partial charge in [-0.2, -0.15) is 0 Å². The van der Waals surface area contributed by atoms with Crippen LogP contribution >= 0.6 is 0 Å². The first-order chi connectivity index (χ1) is 37.0. The van der Waals surface area contributed by atoms with Gasteiger partial charge in [0.05, 0.1) is 5.69 Å². The standard InChI is InChI=1S/C73H67BN2Si/c1-48-41-65-69-66(42-48)76(70-58(49-25-15-11-16-26-49)43-53(73(8,9)10)44-59(70)50-27-17-12-18-28-50)63-40-37-52(72(5,6)7)45-61(63)74(69)62-46-60-57-33-23-24-34-67(57)77(55-29-19-13-20-30-55,56-31-21-14-22-32-56)68(60)47-64(62)75(65)54-38-35-51(36-39-54)71(2,3)4/h11-47H,1-10H3. The molecule has 0 amide bonds. The second-order valence-corrected chi connectivity index (χ2v) is 28.8. The van der Waals surface area contributed by atoms with Crippen LogP contribution in [0.5, 0.6) is 0 Å². The van der Waals surface area contributed by atoms with Crippen LogP contribution in [0.4, 0.5) is 34.1 Å². The van der Waals surface area contributed by atoms with E-state index in [0.29, 0.717) is 0 Å². The molecule has 0 radical (unpaired) electrons. The van der Waals surface area contributed by atoms with Gasteiger partial charge in [-0.1, -0.05) is 238 Å². The summed E-state index contributed by atoms with van der Waals surface area (Å²) in [6.45, 7) is 23.3. The van der Waals surface area contributed by atoms with Crippen LogP contribution in [0, 0.1) is 6.92 Å². The smallest absolute Gasteiger partial charge is 0.252 e. The highest BCUT2D eigenvalue weighted by atomic mass is 28.3. The highest BCUT2D eigenvalue weighted by Gasteiger charge is 2.52. The topological polar surface area (TPSA) is 6.48 Å². The number of aryl methyl sites for hydroxylation is 1. The Bertz CT molecular complexity index is 3820. The summed E-state index contributed by atoms with van der Waals surface area (Å²) >= 11 is 0. The van der Waals surface area contributed by atoms with E-state index in [0.717, 1.165) is 5.69 Å². The maximum absolute atomic E-state index is 2.87. The lowest BCUT2D eigenvalue weighted by Gasteiger charge is -2.46. The Balaban J connectivity index is 1.19. The Labute approximate surface area is 458 Å². The van der Waals surface area contributed by atoms with Gasteiger partial charge < -0.3 is 9.80 Å². The summed E-state index contributed by atoms with van der Waals surface area (Å²) < 4.78 is 0. The van der Waals surface area contributed by atoms with Crippen LogP contribution in [-0.2, 0) is 16.2 Å². The van der Waals surface area contributed by atoms with Gasteiger partial charge in [-0.05, 0) is 153 Å². The van der Waals surface area contributed by atoms with Gasteiger partial charge in [-0.15, -0.1) is 0 Å². The lowest BCUT2D eigenvalue weighted by molar-refractivity contribution is 0.590. The predicted molar refractivity (Wildman–Crippen MR) is 335 cm³/mol. The molecule has 13 rings (SSSR count). The molecule has 0 atom stereocenters. The minimum atomic E-state index is -2.87. The molecule has 0 unspecified atom stereocenters. The average molecular weight is 1010 g/mol. The average Bonchev–Trinajstić information content (AvgIpc) is 3.93. The largest absolute Gasteiger partial charge is 0.311 e. The van der Waals surface area contributed by atoms with Crippen molar-refractivity contribution in [2.24, 2.45) is 0 Å². The molecule has 77 heavy (non-hydrogen) atoms. The Morgan fingerprint density at radius 1 is 0.351 bits per heavy atom. The van der Waals surface area contributed by atoms with Gasteiger partial charge in [0.1, 0.15) is 0 Å². The lowest BCUT2D eigenvalue weighted by Crippen LogP contribution is -2.73. The maximum Gasteiger partial charge on any atom is 0.252 e. The summed E-state index contributed by atoms with van der Waals surface area (Å²) in [6.07, 6.45) is 0. The number of rotatable bonds is 6. The second-order valence-electron chi connectivity index (χ2n) is 25.0. The van der Waals surface area contributed by atoms with E-state index < -0.39 is 8.07 Å². The van der Waals surface area contributed by atoms with Gasteiger partial charge in [0.2, 0.25) is 0 Å². The van der Waals surface area contributed by atoms with Crippen molar-refractivity contribution in [2.75, 3.05) is 9.80 Å². The van der Waals surface area contributed by atoms with E-state index in [-0.39, 0.29) is 23.0 Å². The van der Waals surface area contributed by atoms with E-state index in [4.69, 9.17) is 0 Å². The molecule has 3 aliphatic heterocycles. The fourth-order valence-corrected chi connectivity index (χ4v) is 18.3. The van der Waals surface area contributed by atoms with Crippen LogP contribution in [-0.4, -0.2) is 14.8 Å². The quantitative estimate of drug-likeness (QED) is 0.153. The Morgan fingerprint density at radius 3 is 1.38 bits per heavy atom. The zero-order valence-corrected chi connectivity index (χ0v) is 47.3. The van der Waals surface area contributed by atoms with E-state index in [1.165, 1.54) is 121 Å². The lowest BCUT2D eigenvalue weighted by atomic mass is 9.33. The molecule has 10 aromatic rings. The zero-order chi connectivity index (χ0) is 53.2. The SMILES string of the molecule is Cc1cc2c3c(c1)N(c1c(-c4ccccc4)cc(C(C)(C)C)cc1-c1ccccc1)c1ccc(C(C)(C)C)cc1B3c1cc3c(cc1N2c1ccc(C(C)(C)C)cc1)[Si](c1ccccc1)(c1ccccc1)c1ccccc1-3. The molecule has 0 fully saturated rings. The van der Waals surface area contributed by atoms with Gasteiger partial charge >= 0.3 is 0 Å². The summed E-state index contributed by atoms with van der Waals surface area (Å²) in [5.41, 5.74) is 23.8. The first kappa shape index (κ1) is 48.7. The highest BCUT2D eigenvalue weighted by Crippen LogP contribution is 2.52. The van der Waals surface area contributed by atoms with Crippen molar-refractivity contribution in [2.45, 2.75) is 85.5 Å². The molecule has 0 aliphatic carbocycles. The van der Waals surface area contributed by atoms with Crippen molar-refractivity contribution < 1.29 is 0 Å². The van der Waals surface area contributed by atoms with Crippen molar-refractivity contribution in [3.05, 3.63) is 247 Å². The van der Waals surface area contributed by atoms with Crippen LogP contribution in [0.1, 0.15) is 84.6 Å². The van der Waals surface area contributed by atoms with Gasteiger partial charge in [0, 0.05) is 39.6 Å². The third-order valence-corrected chi connectivity index (χ3v) is 21.9. The van der Waals surface area contributed by atoms with Crippen molar-refractivity contribution in [3.8, 4) is 33.4 Å². The van der Waals surface area contributed by atoms with Crippen LogP contribution in [0.15, 0.2) is 224 Å². The minimum Gasteiger partial charge on any atom is -0.311 e. The van der Waals surface area contributed by atoms with Gasteiger partial charge in [-0.25, -0.2) is 0 Å². The molecule has 4 heteroatoms.